The monoisotopic (exact) mass is 562 g/mol. The second-order valence-corrected chi connectivity index (χ2v) is 11.8. The second-order valence-electron chi connectivity index (χ2n) is 9.55. The summed E-state index contributed by atoms with van der Waals surface area (Å²) in [5.74, 6) is -0.580. The molecule has 9 heteroatoms. The number of rotatable bonds is 8. The molecule has 1 aromatic heterocycles. The van der Waals surface area contributed by atoms with Crippen molar-refractivity contribution in [1.82, 2.24) is 9.99 Å². The molecule has 0 aliphatic carbocycles. The molecule has 1 amide bonds. The predicted molar refractivity (Wildman–Crippen MR) is 158 cm³/mol. The van der Waals surface area contributed by atoms with E-state index in [1.807, 2.05) is 33.8 Å². The Kier molecular flexibility index (Phi) is 8.28. The summed E-state index contributed by atoms with van der Waals surface area (Å²) in [7, 11) is -4.05. The lowest BCUT2D eigenvalue weighted by molar-refractivity contribution is -0.119. The van der Waals surface area contributed by atoms with Crippen LogP contribution in [0.4, 0.5) is 5.69 Å². The lowest BCUT2D eigenvalue weighted by atomic mass is 10.2. The first-order valence-corrected chi connectivity index (χ1v) is 14.2. The summed E-state index contributed by atoms with van der Waals surface area (Å²) >= 11 is 6.11. The Hall–Kier alpha value is -3.88. The fraction of sp³-hybridized carbons (Fsp3) is 0.200. The summed E-state index contributed by atoms with van der Waals surface area (Å²) in [6, 6.07) is 21.6. The molecule has 3 aromatic carbocycles. The largest absolute Gasteiger partial charge is 0.318 e. The summed E-state index contributed by atoms with van der Waals surface area (Å²) in [5.41, 5.74) is 9.45. The van der Waals surface area contributed by atoms with E-state index in [2.05, 4.69) is 39.4 Å². The highest BCUT2D eigenvalue weighted by atomic mass is 35.5. The highest BCUT2D eigenvalue weighted by Gasteiger charge is 2.28. The third-order valence-electron chi connectivity index (χ3n) is 6.48. The van der Waals surface area contributed by atoms with E-state index in [0.717, 1.165) is 32.5 Å². The van der Waals surface area contributed by atoms with E-state index in [1.165, 1.54) is 17.7 Å². The number of hydrogen-bond donors (Lipinski definition) is 1. The van der Waals surface area contributed by atoms with Gasteiger partial charge in [-0.2, -0.15) is 5.10 Å². The minimum Gasteiger partial charge on any atom is -0.318 e. The second kappa shape index (κ2) is 11.5. The molecule has 0 fully saturated rings. The Balaban J connectivity index is 1.57. The first kappa shape index (κ1) is 28.1. The van der Waals surface area contributed by atoms with Crippen LogP contribution in [-0.2, 0) is 14.8 Å². The quantitative estimate of drug-likeness (QED) is 0.210. The van der Waals surface area contributed by atoms with Crippen LogP contribution in [-0.4, -0.2) is 31.7 Å². The van der Waals surface area contributed by atoms with Crippen molar-refractivity contribution in [2.24, 2.45) is 5.10 Å². The summed E-state index contributed by atoms with van der Waals surface area (Å²) in [4.78, 5) is 13.1. The van der Waals surface area contributed by atoms with Crippen LogP contribution in [0.15, 0.2) is 82.8 Å². The van der Waals surface area contributed by atoms with Gasteiger partial charge in [0, 0.05) is 27.7 Å². The maximum atomic E-state index is 13.6. The molecule has 0 saturated carbocycles. The molecule has 0 unspecified atom stereocenters. The van der Waals surface area contributed by atoms with E-state index < -0.39 is 22.5 Å². The van der Waals surface area contributed by atoms with Gasteiger partial charge >= 0.3 is 0 Å². The molecule has 0 aliphatic heterocycles. The zero-order valence-corrected chi connectivity index (χ0v) is 24.1. The Morgan fingerprint density at radius 2 is 1.54 bits per heavy atom. The van der Waals surface area contributed by atoms with E-state index in [1.54, 1.807) is 43.5 Å². The van der Waals surface area contributed by atoms with Gasteiger partial charge in [0.1, 0.15) is 6.54 Å². The molecule has 4 aromatic rings. The smallest absolute Gasteiger partial charge is 0.264 e. The van der Waals surface area contributed by atoms with Crippen LogP contribution in [0.1, 0.15) is 33.6 Å². The average Bonchev–Trinajstić information content (AvgIpc) is 3.16. The molecular formula is C30H31ClN4O3S. The third kappa shape index (κ3) is 6.24. The van der Waals surface area contributed by atoms with Gasteiger partial charge in [-0.15, -0.1) is 0 Å². The van der Waals surface area contributed by atoms with Gasteiger partial charge in [-0.05, 0) is 88.7 Å². The highest BCUT2D eigenvalue weighted by molar-refractivity contribution is 7.92. The van der Waals surface area contributed by atoms with E-state index in [0.29, 0.717) is 16.3 Å². The predicted octanol–water partition coefficient (Wildman–Crippen LogP) is 6.02. The van der Waals surface area contributed by atoms with Crippen molar-refractivity contribution in [2.45, 2.75) is 39.5 Å². The molecule has 1 heterocycles. The van der Waals surface area contributed by atoms with Crippen LogP contribution in [0.2, 0.25) is 5.02 Å². The molecule has 202 valence electrons. The van der Waals surface area contributed by atoms with Gasteiger partial charge < -0.3 is 4.57 Å². The maximum absolute atomic E-state index is 13.6. The van der Waals surface area contributed by atoms with Crippen LogP contribution in [0, 0.1) is 34.6 Å². The number of nitrogens with zero attached hydrogens (tertiary/aromatic N) is 3. The molecule has 0 radical (unpaired) electrons. The van der Waals surface area contributed by atoms with Crippen molar-refractivity contribution < 1.29 is 13.2 Å². The number of sulfonamides is 1. The molecule has 0 saturated heterocycles. The number of hydrogen-bond acceptors (Lipinski definition) is 4. The van der Waals surface area contributed by atoms with Crippen LogP contribution in [0.25, 0.3) is 5.69 Å². The normalized spacial score (nSPS) is 11.6. The molecule has 0 spiro atoms. The fourth-order valence-corrected chi connectivity index (χ4v) is 6.10. The molecular weight excluding hydrogens is 532 g/mol. The summed E-state index contributed by atoms with van der Waals surface area (Å²) in [6.45, 7) is 9.19. The van der Waals surface area contributed by atoms with E-state index in [9.17, 15) is 13.2 Å². The number of aromatic nitrogens is 1. The van der Waals surface area contributed by atoms with Crippen molar-refractivity contribution in [3.63, 3.8) is 0 Å². The number of hydrazone groups is 1. The van der Waals surface area contributed by atoms with Gasteiger partial charge in [0.05, 0.1) is 16.8 Å². The van der Waals surface area contributed by atoms with E-state index in [-0.39, 0.29) is 4.90 Å². The van der Waals surface area contributed by atoms with Crippen LogP contribution in [0.5, 0.6) is 0 Å². The Morgan fingerprint density at radius 1 is 0.923 bits per heavy atom. The fourth-order valence-electron chi connectivity index (χ4n) is 4.38. The van der Waals surface area contributed by atoms with Gasteiger partial charge in [-0.25, -0.2) is 13.8 Å². The van der Waals surface area contributed by atoms with E-state index >= 15 is 0 Å². The molecule has 7 nitrogen and oxygen atoms in total. The maximum Gasteiger partial charge on any atom is 0.264 e. The van der Waals surface area contributed by atoms with Gasteiger partial charge in [-0.3, -0.25) is 9.10 Å². The van der Waals surface area contributed by atoms with Crippen molar-refractivity contribution in [3.8, 4) is 5.69 Å². The topological polar surface area (TPSA) is 83.8 Å². The number of aryl methyl sites for hydroxylation is 4. The SMILES string of the molecule is Cc1ccc(-n2c(C)cc(/C=N/NC(=O)CN(c3ccc(Cl)cc3C)S(=O)(=O)c3ccc(C)cc3)c2C)cc1. The Labute approximate surface area is 234 Å². The number of anilines is 1. The molecule has 0 atom stereocenters. The van der Waals surface area contributed by atoms with Crippen molar-refractivity contribution in [1.29, 1.82) is 0 Å². The zero-order chi connectivity index (χ0) is 28.3. The number of halogens is 1. The van der Waals surface area contributed by atoms with Crippen molar-refractivity contribution in [2.75, 3.05) is 10.8 Å². The number of amides is 1. The number of benzene rings is 3. The van der Waals surface area contributed by atoms with Crippen molar-refractivity contribution in [3.05, 3.63) is 111 Å². The van der Waals surface area contributed by atoms with E-state index in [4.69, 9.17) is 11.6 Å². The number of carbonyl (C=O) groups is 1. The van der Waals surface area contributed by atoms with Gasteiger partial charge in [0.15, 0.2) is 0 Å². The molecule has 0 aliphatic rings. The Morgan fingerprint density at radius 3 is 2.15 bits per heavy atom. The minimum absolute atomic E-state index is 0.0855. The highest BCUT2D eigenvalue weighted by Crippen LogP contribution is 2.29. The number of carbonyl (C=O) groups excluding carboxylic acids is 1. The molecule has 0 bridgehead atoms. The number of nitrogens with one attached hydrogen (secondary N) is 1. The molecule has 4 rings (SSSR count). The van der Waals surface area contributed by atoms with Gasteiger partial charge in [0.25, 0.3) is 15.9 Å². The van der Waals surface area contributed by atoms with Crippen LogP contribution in [0.3, 0.4) is 0 Å². The van der Waals surface area contributed by atoms with Crippen LogP contribution >= 0.6 is 11.6 Å². The van der Waals surface area contributed by atoms with Crippen LogP contribution < -0.4 is 9.73 Å². The summed E-state index contributed by atoms with van der Waals surface area (Å²) in [6.07, 6.45) is 1.57. The first-order chi connectivity index (χ1) is 18.5. The summed E-state index contributed by atoms with van der Waals surface area (Å²) < 4.78 is 30.4. The minimum atomic E-state index is -4.05. The zero-order valence-electron chi connectivity index (χ0n) is 22.6. The lowest BCUT2D eigenvalue weighted by Crippen LogP contribution is -2.40. The average molecular weight is 563 g/mol. The van der Waals surface area contributed by atoms with Gasteiger partial charge in [0.2, 0.25) is 0 Å². The molecule has 39 heavy (non-hydrogen) atoms. The summed E-state index contributed by atoms with van der Waals surface area (Å²) in [5, 5.41) is 4.61. The Bertz CT molecular complexity index is 1640. The molecule has 1 N–H and O–H groups in total. The van der Waals surface area contributed by atoms with Crippen molar-refractivity contribution >= 4 is 39.4 Å². The third-order valence-corrected chi connectivity index (χ3v) is 8.49. The van der Waals surface area contributed by atoms with Gasteiger partial charge in [-0.1, -0.05) is 47.0 Å². The lowest BCUT2D eigenvalue weighted by Gasteiger charge is -2.25. The standard InChI is InChI=1S/C30H31ClN4O3S/c1-20-6-11-27(12-7-20)35-23(4)17-25(24(35)5)18-32-33-30(36)19-34(29-15-10-26(31)16-22(29)3)39(37,38)28-13-8-21(2)9-14-28/h6-18H,19H2,1-5H3,(H,33,36)/b32-18+. The first-order valence-electron chi connectivity index (χ1n) is 12.4.